The molecule has 0 spiro atoms. The molecule has 144 valence electrons. The fourth-order valence-corrected chi connectivity index (χ4v) is 3.72. The summed E-state index contributed by atoms with van der Waals surface area (Å²) >= 11 is 12.5. The van der Waals surface area contributed by atoms with Crippen LogP contribution in [0.4, 0.5) is 11.4 Å². The van der Waals surface area contributed by atoms with Gasteiger partial charge in [-0.25, -0.2) is 4.68 Å². The Hall–Kier alpha value is -2.05. The highest BCUT2D eigenvalue weighted by Crippen LogP contribution is 2.27. The molecule has 0 unspecified atom stereocenters. The van der Waals surface area contributed by atoms with E-state index < -0.39 is 11.6 Å². The van der Waals surface area contributed by atoms with Crippen molar-refractivity contribution >= 4 is 40.5 Å². The average molecular weight is 409 g/mol. The average Bonchev–Trinajstić information content (AvgIpc) is 2.67. The maximum absolute atomic E-state index is 12.7. The lowest BCUT2D eigenvalue weighted by Gasteiger charge is -2.29. The highest BCUT2D eigenvalue weighted by atomic mass is 35.5. The first-order chi connectivity index (χ1) is 12.9. The second kappa shape index (κ2) is 8.31. The molecule has 1 atom stereocenters. The van der Waals surface area contributed by atoms with Gasteiger partial charge in [-0.1, -0.05) is 35.3 Å². The molecule has 1 aromatic heterocycles. The Bertz CT molecular complexity index is 887. The summed E-state index contributed by atoms with van der Waals surface area (Å²) in [5.41, 5.74) is 1.52. The minimum absolute atomic E-state index is 0.0977. The molecule has 1 aliphatic rings. The van der Waals surface area contributed by atoms with E-state index in [1.807, 2.05) is 19.1 Å². The monoisotopic (exact) mass is 408 g/mol. The molecular weight excluding hydrogens is 387 g/mol. The summed E-state index contributed by atoms with van der Waals surface area (Å²) in [7, 11) is 0. The van der Waals surface area contributed by atoms with Crippen molar-refractivity contribution in [1.29, 1.82) is 0 Å². The van der Waals surface area contributed by atoms with Crippen molar-refractivity contribution in [2.24, 2.45) is 0 Å². The molecule has 1 saturated heterocycles. The maximum atomic E-state index is 12.7. The predicted molar refractivity (Wildman–Crippen MR) is 109 cm³/mol. The number of hydrogen-bond donors (Lipinski definition) is 1. The standard InChI is InChI=1S/C19H22Cl2N4O2/c1-12-7-6-8-14(20)17(12)23-18(26)13(2)25-19(27)16(21)15(11-22-25)24-9-4-3-5-10-24/h6-8,11,13H,3-5,9-10H2,1-2H3,(H,23,26)/t13-/m1/s1. The van der Waals surface area contributed by atoms with Crippen LogP contribution in [-0.2, 0) is 4.79 Å². The zero-order valence-electron chi connectivity index (χ0n) is 15.3. The van der Waals surface area contributed by atoms with Crippen LogP contribution in [0.3, 0.4) is 0 Å². The number of para-hydroxylation sites is 1. The van der Waals surface area contributed by atoms with Crippen LogP contribution in [0.25, 0.3) is 0 Å². The van der Waals surface area contributed by atoms with Gasteiger partial charge >= 0.3 is 0 Å². The fraction of sp³-hybridized carbons (Fsp3) is 0.421. The van der Waals surface area contributed by atoms with Gasteiger partial charge in [0.05, 0.1) is 22.6 Å². The number of anilines is 2. The van der Waals surface area contributed by atoms with Crippen LogP contribution >= 0.6 is 23.2 Å². The SMILES string of the molecule is Cc1cccc(Cl)c1NC(=O)[C@@H](C)n1ncc(N2CCCCC2)c(Cl)c1=O. The molecule has 27 heavy (non-hydrogen) atoms. The number of nitrogens with one attached hydrogen (secondary N) is 1. The van der Waals surface area contributed by atoms with Gasteiger partial charge in [-0.15, -0.1) is 0 Å². The Balaban J connectivity index is 1.84. The smallest absolute Gasteiger partial charge is 0.288 e. The van der Waals surface area contributed by atoms with Gasteiger partial charge in [-0.2, -0.15) is 5.10 Å². The summed E-state index contributed by atoms with van der Waals surface area (Å²) in [6.45, 7) is 5.16. The molecule has 1 aromatic carbocycles. The second-order valence-electron chi connectivity index (χ2n) is 6.74. The highest BCUT2D eigenvalue weighted by molar-refractivity contribution is 6.34. The highest BCUT2D eigenvalue weighted by Gasteiger charge is 2.23. The molecule has 0 aliphatic carbocycles. The Morgan fingerprint density at radius 2 is 1.93 bits per heavy atom. The largest absolute Gasteiger partial charge is 0.369 e. The van der Waals surface area contributed by atoms with Crippen molar-refractivity contribution < 1.29 is 4.79 Å². The normalized spacial score (nSPS) is 15.5. The summed E-state index contributed by atoms with van der Waals surface area (Å²) in [4.78, 5) is 27.4. The van der Waals surface area contributed by atoms with Crippen molar-refractivity contribution in [1.82, 2.24) is 9.78 Å². The molecule has 0 saturated carbocycles. The summed E-state index contributed by atoms with van der Waals surface area (Å²) in [6.07, 6.45) is 4.88. The molecular formula is C19H22Cl2N4O2. The summed E-state index contributed by atoms with van der Waals surface area (Å²) in [5, 5.41) is 7.52. The quantitative estimate of drug-likeness (QED) is 0.828. The van der Waals surface area contributed by atoms with E-state index in [-0.39, 0.29) is 10.9 Å². The van der Waals surface area contributed by atoms with Gasteiger partial charge in [-0.05, 0) is 44.7 Å². The number of benzene rings is 1. The van der Waals surface area contributed by atoms with Crippen LogP contribution in [0, 0.1) is 6.92 Å². The molecule has 0 bridgehead atoms. The molecule has 0 radical (unpaired) electrons. The first-order valence-electron chi connectivity index (χ1n) is 8.98. The maximum Gasteiger partial charge on any atom is 0.288 e. The number of hydrogen-bond acceptors (Lipinski definition) is 4. The van der Waals surface area contributed by atoms with E-state index >= 15 is 0 Å². The van der Waals surface area contributed by atoms with Crippen molar-refractivity contribution in [3.8, 4) is 0 Å². The number of rotatable bonds is 4. The van der Waals surface area contributed by atoms with Crippen molar-refractivity contribution in [3.63, 3.8) is 0 Å². The summed E-state index contributed by atoms with van der Waals surface area (Å²) in [5.74, 6) is -0.386. The molecule has 1 fully saturated rings. The number of piperidine rings is 1. The van der Waals surface area contributed by atoms with Gasteiger partial charge in [0.25, 0.3) is 5.56 Å². The zero-order valence-corrected chi connectivity index (χ0v) is 16.8. The number of amides is 1. The number of aryl methyl sites for hydroxylation is 1. The number of carbonyl (C=O) groups excluding carboxylic acids is 1. The van der Waals surface area contributed by atoms with Crippen LogP contribution in [0.15, 0.2) is 29.2 Å². The fourth-order valence-electron chi connectivity index (χ4n) is 3.20. The molecule has 3 rings (SSSR count). The Morgan fingerprint density at radius 3 is 2.59 bits per heavy atom. The summed E-state index contributed by atoms with van der Waals surface area (Å²) in [6, 6.07) is 4.52. The van der Waals surface area contributed by atoms with Crippen LogP contribution in [-0.4, -0.2) is 28.8 Å². The van der Waals surface area contributed by atoms with Gasteiger partial charge in [0.2, 0.25) is 5.91 Å². The van der Waals surface area contributed by atoms with Gasteiger partial charge in [0.1, 0.15) is 11.1 Å². The van der Waals surface area contributed by atoms with Gasteiger partial charge in [-0.3, -0.25) is 9.59 Å². The molecule has 1 amide bonds. The first kappa shape index (κ1) is 19.7. The number of halogens is 2. The second-order valence-corrected chi connectivity index (χ2v) is 7.52. The van der Waals surface area contributed by atoms with Crippen molar-refractivity contribution in [3.05, 3.63) is 50.4 Å². The van der Waals surface area contributed by atoms with Crippen LogP contribution < -0.4 is 15.8 Å². The van der Waals surface area contributed by atoms with E-state index in [1.54, 1.807) is 19.2 Å². The first-order valence-corrected chi connectivity index (χ1v) is 9.74. The third kappa shape index (κ3) is 4.12. The Kier molecular flexibility index (Phi) is 6.07. The van der Waals surface area contributed by atoms with Crippen molar-refractivity contribution in [2.75, 3.05) is 23.3 Å². The molecule has 1 aliphatic heterocycles. The lowest BCUT2D eigenvalue weighted by molar-refractivity contribution is -0.119. The lowest BCUT2D eigenvalue weighted by Crippen LogP contribution is -2.36. The molecule has 2 aromatic rings. The van der Waals surface area contributed by atoms with E-state index in [4.69, 9.17) is 23.2 Å². The number of nitrogens with zero attached hydrogens (tertiary/aromatic N) is 3. The van der Waals surface area contributed by atoms with Crippen LogP contribution in [0.5, 0.6) is 0 Å². The number of aromatic nitrogens is 2. The molecule has 2 heterocycles. The zero-order chi connectivity index (χ0) is 19.6. The van der Waals surface area contributed by atoms with E-state index in [0.29, 0.717) is 16.4 Å². The van der Waals surface area contributed by atoms with Gasteiger partial charge in [0, 0.05) is 13.1 Å². The van der Waals surface area contributed by atoms with E-state index in [9.17, 15) is 9.59 Å². The minimum Gasteiger partial charge on any atom is -0.369 e. The topological polar surface area (TPSA) is 67.2 Å². The van der Waals surface area contributed by atoms with Crippen LogP contribution in [0.2, 0.25) is 10.0 Å². The predicted octanol–water partition coefficient (Wildman–Crippen LogP) is 4.05. The molecule has 1 N–H and O–H groups in total. The van der Waals surface area contributed by atoms with E-state index in [1.165, 1.54) is 6.42 Å². The molecule has 6 nitrogen and oxygen atoms in total. The number of carbonyl (C=O) groups is 1. The third-order valence-electron chi connectivity index (χ3n) is 4.84. The van der Waals surface area contributed by atoms with E-state index in [2.05, 4.69) is 15.3 Å². The summed E-state index contributed by atoms with van der Waals surface area (Å²) < 4.78 is 1.11. The minimum atomic E-state index is -0.832. The van der Waals surface area contributed by atoms with Crippen LogP contribution in [0.1, 0.15) is 37.8 Å². The Morgan fingerprint density at radius 1 is 1.22 bits per heavy atom. The van der Waals surface area contributed by atoms with Crippen molar-refractivity contribution in [2.45, 2.75) is 39.2 Å². The molecule has 8 heteroatoms. The lowest BCUT2D eigenvalue weighted by atomic mass is 10.1. The third-order valence-corrected chi connectivity index (χ3v) is 5.51. The van der Waals surface area contributed by atoms with E-state index in [0.717, 1.165) is 36.2 Å². The Labute approximate surface area is 168 Å². The van der Waals surface area contributed by atoms with Gasteiger partial charge < -0.3 is 10.2 Å². The van der Waals surface area contributed by atoms with Gasteiger partial charge in [0.15, 0.2) is 0 Å².